The predicted octanol–water partition coefficient (Wildman–Crippen LogP) is 0.583. The van der Waals surface area contributed by atoms with Crippen LogP contribution >= 0.6 is 11.8 Å². The van der Waals surface area contributed by atoms with Gasteiger partial charge in [0, 0.05) is 6.61 Å². The number of nitrogens with one attached hydrogen (secondary N) is 1. The number of thioether (sulfide) groups is 1. The Bertz CT molecular complexity index is 798. The first kappa shape index (κ1) is 18.0. The Balaban J connectivity index is 1.55. The van der Waals surface area contributed by atoms with Crippen LogP contribution in [0.15, 0.2) is 34.2 Å². The van der Waals surface area contributed by atoms with E-state index in [4.69, 9.17) is 14.5 Å². The number of ether oxygens (including phenoxy) is 2. The van der Waals surface area contributed by atoms with Gasteiger partial charge < -0.3 is 14.4 Å². The summed E-state index contributed by atoms with van der Waals surface area (Å²) in [7, 11) is 0. The molecule has 1 aromatic carbocycles. The minimum absolute atomic E-state index is 0.0484. The summed E-state index contributed by atoms with van der Waals surface area (Å²) in [5.41, 5.74) is 0.828. The van der Waals surface area contributed by atoms with Crippen LogP contribution in [0.4, 0.5) is 0 Å². The van der Waals surface area contributed by atoms with Gasteiger partial charge in [-0.1, -0.05) is 23.9 Å². The quantitative estimate of drug-likeness (QED) is 0.591. The number of hydrogen-bond acceptors (Lipinski definition) is 5. The fourth-order valence-electron chi connectivity index (χ4n) is 3.61. The second kappa shape index (κ2) is 8.52. The molecule has 0 amide bonds. The maximum atomic E-state index is 13.0. The average molecular weight is 377 g/mol. The minimum Gasteiger partial charge on any atom is -0.376 e. The third kappa shape index (κ3) is 4.11. The van der Waals surface area contributed by atoms with Crippen molar-refractivity contribution < 1.29 is 14.4 Å². The second-order valence-corrected chi connectivity index (χ2v) is 7.99. The minimum atomic E-state index is 0.0484. The summed E-state index contributed by atoms with van der Waals surface area (Å²) in [4.78, 5) is 19.4. The maximum Gasteiger partial charge on any atom is 0.262 e. The largest absolute Gasteiger partial charge is 0.376 e. The SMILES string of the molecule is O=c1c2ccccc2nc(SCC[NH+]2CCOCC2)n1C[C@@H]1CCCO1. The summed E-state index contributed by atoms with van der Waals surface area (Å²) in [6, 6.07) is 7.62. The molecular formula is C19H26N3O3S+. The highest BCUT2D eigenvalue weighted by atomic mass is 32.2. The van der Waals surface area contributed by atoms with Gasteiger partial charge in [-0.05, 0) is 25.0 Å². The van der Waals surface area contributed by atoms with Crippen LogP contribution in [0.2, 0.25) is 0 Å². The van der Waals surface area contributed by atoms with Crippen molar-refractivity contribution in [1.29, 1.82) is 0 Å². The number of rotatable bonds is 6. The molecule has 2 aliphatic heterocycles. The fraction of sp³-hybridized carbons (Fsp3) is 0.579. The highest BCUT2D eigenvalue weighted by Crippen LogP contribution is 2.20. The third-order valence-electron chi connectivity index (χ3n) is 5.12. The summed E-state index contributed by atoms with van der Waals surface area (Å²) in [6.07, 6.45) is 2.21. The molecular weight excluding hydrogens is 350 g/mol. The lowest BCUT2D eigenvalue weighted by Gasteiger charge is -2.23. The second-order valence-electron chi connectivity index (χ2n) is 6.92. The molecule has 0 bridgehead atoms. The van der Waals surface area contributed by atoms with Crippen molar-refractivity contribution in [2.24, 2.45) is 0 Å². The fourth-order valence-corrected chi connectivity index (χ4v) is 4.66. The molecule has 0 spiro atoms. The molecule has 3 heterocycles. The Morgan fingerprint density at radius 1 is 1.23 bits per heavy atom. The molecule has 0 unspecified atom stereocenters. The molecule has 0 saturated carbocycles. The van der Waals surface area contributed by atoms with E-state index in [1.807, 2.05) is 28.8 Å². The molecule has 0 aliphatic carbocycles. The van der Waals surface area contributed by atoms with Gasteiger partial charge in [-0.2, -0.15) is 0 Å². The van der Waals surface area contributed by atoms with Crippen LogP contribution < -0.4 is 10.5 Å². The van der Waals surface area contributed by atoms with E-state index in [0.717, 1.165) is 68.7 Å². The van der Waals surface area contributed by atoms with E-state index in [2.05, 4.69) is 0 Å². The highest BCUT2D eigenvalue weighted by Gasteiger charge is 2.21. The molecule has 26 heavy (non-hydrogen) atoms. The van der Waals surface area contributed by atoms with Crippen molar-refractivity contribution in [3.63, 3.8) is 0 Å². The maximum absolute atomic E-state index is 13.0. The van der Waals surface area contributed by atoms with E-state index in [-0.39, 0.29) is 11.7 Å². The Labute approximate surface area is 157 Å². The number of aromatic nitrogens is 2. The van der Waals surface area contributed by atoms with E-state index in [1.165, 1.54) is 0 Å². The molecule has 2 fully saturated rings. The summed E-state index contributed by atoms with van der Waals surface area (Å²) >= 11 is 1.69. The van der Waals surface area contributed by atoms with Gasteiger partial charge in [0.15, 0.2) is 5.16 Å². The van der Waals surface area contributed by atoms with E-state index in [0.29, 0.717) is 11.9 Å². The molecule has 1 aromatic heterocycles. The van der Waals surface area contributed by atoms with Crippen LogP contribution in [0, 0.1) is 0 Å². The van der Waals surface area contributed by atoms with Crippen LogP contribution in [-0.4, -0.2) is 60.9 Å². The lowest BCUT2D eigenvalue weighted by Crippen LogP contribution is -3.14. The molecule has 2 aromatic rings. The normalized spacial score (nSPS) is 21.5. The van der Waals surface area contributed by atoms with Crippen molar-refractivity contribution in [2.75, 3.05) is 45.2 Å². The van der Waals surface area contributed by atoms with Gasteiger partial charge in [0.25, 0.3) is 5.56 Å². The third-order valence-corrected chi connectivity index (χ3v) is 6.10. The molecule has 1 N–H and O–H groups in total. The Morgan fingerprint density at radius 3 is 2.88 bits per heavy atom. The van der Waals surface area contributed by atoms with E-state index in [1.54, 1.807) is 16.7 Å². The molecule has 2 saturated heterocycles. The Kier molecular flexibility index (Phi) is 5.89. The first-order valence-corrected chi connectivity index (χ1v) is 10.4. The van der Waals surface area contributed by atoms with Gasteiger partial charge in [0.2, 0.25) is 0 Å². The van der Waals surface area contributed by atoms with E-state index < -0.39 is 0 Å². The zero-order valence-electron chi connectivity index (χ0n) is 15.0. The van der Waals surface area contributed by atoms with Gasteiger partial charge in [-0.3, -0.25) is 9.36 Å². The van der Waals surface area contributed by atoms with E-state index >= 15 is 0 Å². The summed E-state index contributed by atoms with van der Waals surface area (Å²) in [5.74, 6) is 0.950. The topological polar surface area (TPSA) is 57.8 Å². The van der Waals surface area contributed by atoms with Gasteiger partial charge in [-0.15, -0.1) is 0 Å². The molecule has 0 radical (unpaired) electrons. The summed E-state index contributed by atoms with van der Waals surface area (Å²) in [6.45, 7) is 6.28. The zero-order valence-corrected chi connectivity index (χ0v) is 15.8. The average Bonchev–Trinajstić information content (AvgIpc) is 3.19. The lowest BCUT2D eigenvalue weighted by molar-refractivity contribution is -0.905. The van der Waals surface area contributed by atoms with Crippen molar-refractivity contribution in [3.05, 3.63) is 34.6 Å². The predicted molar refractivity (Wildman–Crippen MR) is 102 cm³/mol. The first-order chi connectivity index (χ1) is 12.8. The van der Waals surface area contributed by atoms with Gasteiger partial charge in [0.1, 0.15) is 13.1 Å². The standard InChI is InChI=1S/C19H25N3O3S/c23-18-16-5-1-2-6-17(16)20-19(22(18)14-15-4-3-10-25-15)26-13-9-21-7-11-24-12-8-21/h1-2,5-6,15H,3-4,7-14H2/p+1/t15-/m0/s1. The van der Waals surface area contributed by atoms with Crippen LogP contribution in [0.3, 0.4) is 0 Å². The number of nitrogens with zero attached hydrogens (tertiary/aromatic N) is 2. The molecule has 4 rings (SSSR count). The van der Waals surface area contributed by atoms with Crippen molar-refractivity contribution in [2.45, 2.75) is 30.6 Å². The molecule has 1 atom stereocenters. The van der Waals surface area contributed by atoms with Crippen LogP contribution in [0.25, 0.3) is 10.9 Å². The smallest absolute Gasteiger partial charge is 0.262 e. The van der Waals surface area contributed by atoms with Crippen LogP contribution in [-0.2, 0) is 16.0 Å². The Morgan fingerprint density at radius 2 is 2.08 bits per heavy atom. The van der Waals surface area contributed by atoms with Gasteiger partial charge >= 0.3 is 0 Å². The number of hydrogen-bond donors (Lipinski definition) is 1. The summed E-state index contributed by atoms with van der Waals surface area (Å²) in [5, 5.41) is 1.51. The van der Waals surface area contributed by atoms with Crippen LogP contribution in [0.1, 0.15) is 12.8 Å². The van der Waals surface area contributed by atoms with Crippen LogP contribution in [0.5, 0.6) is 0 Å². The number of morpholine rings is 1. The number of benzene rings is 1. The summed E-state index contributed by atoms with van der Waals surface area (Å²) < 4.78 is 13.0. The van der Waals surface area contributed by atoms with Gasteiger partial charge in [-0.25, -0.2) is 4.98 Å². The van der Waals surface area contributed by atoms with Crippen molar-refractivity contribution in [3.8, 4) is 0 Å². The lowest BCUT2D eigenvalue weighted by atomic mass is 10.2. The molecule has 7 heteroatoms. The molecule has 140 valence electrons. The zero-order chi connectivity index (χ0) is 17.8. The number of fused-ring (bicyclic) bond motifs is 1. The van der Waals surface area contributed by atoms with Gasteiger partial charge in [0.05, 0.1) is 49.1 Å². The van der Waals surface area contributed by atoms with E-state index in [9.17, 15) is 4.79 Å². The molecule has 6 nitrogen and oxygen atoms in total. The monoisotopic (exact) mass is 376 g/mol. The van der Waals surface area contributed by atoms with Crippen molar-refractivity contribution >= 4 is 22.7 Å². The Hall–Kier alpha value is -1.41. The van der Waals surface area contributed by atoms with Crippen molar-refractivity contribution in [1.82, 2.24) is 9.55 Å². The number of para-hydroxylation sites is 1. The molecule has 2 aliphatic rings. The first-order valence-electron chi connectivity index (χ1n) is 9.46. The number of quaternary nitrogens is 1. The highest BCUT2D eigenvalue weighted by molar-refractivity contribution is 7.99.